The molecule has 0 aliphatic rings. The van der Waals surface area contributed by atoms with Crippen molar-refractivity contribution in [3.05, 3.63) is 58.1 Å². The average molecular weight is 279 g/mol. The van der Waals surface area contributed by atoms with E-state index in [1.54, 1.807) is 18.6 Å². The molecule has 2 aromatic heterocycles. The third-order valence-electron chi connectivity index (χ3n) is 2.42. The van der Waals surface area contributed by atoms with Crippen LogP contribution in [-0.2, 0) is 0 Å². The van der Waals surface area contributed by atoms with Gasteiger partial charge >= 0.3 is 0 Å². The summed E-state index contributed by atoms with van der Waals surface area (Å²) in [5.74, 6) is 0. The number of aryl methyl sites for hydroxylation is 1. The summed E-state index contributed by atoms with van der Waals surface area (Å²) in [6.07, 6.45) is 4.29. The highest BCUT2D eigenvalue weighted by Gasteiger charge is 2.16. The van der Waals surface area contributed by atoms with Crippen molar-refractivity contribution in [2.45, 2.75) is 13.0 Å². The standard InChI is InChI=1S/C12H11BrN2O/c1-8-4-6-14-7-9(8)12(16)11-10(13)3-2-5-15-11/h2-7,12,16H,1H3. The van der Waals surface area contributed by atoms with Gasteiger partial charge in [0.2, 0.25) is 0 Å². The minimum Gasteiger partial charge on any atom is -0.382 e. The summed E-state index contributed by atoms with van der Waals surface area (Å²) in [4.78, 5) is 8.19. The molecule has 1 atom stereocenters. The van der Waals surface area contributed by atoms with Crippen LogP contribution in [0.3, 0.4) is 0 Å². The van der Waals surface area contributed by atoms with E-state index < -0.39 is 6.10 Å². The Morgan fingerprint density at radius 1 is 1.31 bits per heavy atom. The number of nitrogens with zero attached hydrogens (tertiary/aromatic N) is 2. The summed E-state index contributed by atoms with van der Waals surface area (Å²) in [6, 6.07) is 5.54. The Bertz CT molecular complexity index is 456. The molecule has 2 rings (SSSR count). The van der Waals surface area contributed by atoms with Crippen molar-refractivity contribution >= 4 is 15.9 Å². The van der Waals surface area contributed by atoms with E-state index in [0.717, 1.165) is 15.6 Å². The molecule has 2 heterocycles. The van der Waals surface area contributed by atoms with Crippen LogP contribution in [0.2, 0.25) is 0 Å². The fourth-order valence-electron chi connectivity index (χ4n) is 1.51. The molecule has 0 amide bonds. The van der Waals surface area contributed by atoms with Crippen molar-refractivity contribution in [2.24, 2.45) is 0 Å². The lowest BCUT2D eigenvalue weighted by atomic mass is 10.0. The predicted molar refractivity (Wildman–Crippen MR) is 65.0 cm³/mol. The molecule has 82 valence electrons. The Kier molecular flexibility index (Phi) is 3.31. The number of hydrogen-bond acceptors (Lipinski definition) is 3. The first-order chi connectivity index (χ1) is 7.70. The van der Waals surface area contributed by atoms with E-state index in [1.165, 1.54) is 0 Å². The summed E-state index contributed by atoms with van der Waals surface area (Å²) in [6.45, 7) is 1.94. The molecule has 1 unspecified atom stereocenters. The molecule has 0 bridgehead atoms. The quantitative estimate of drug-likeness (QED) is 0.919. The molecule has 0 aliphatic carbocycles. The second kappa shape index (κ2) is 4.72. The molecule has 0 fully saturated rings. The monoisotopic (exact) mass is 278 g/mol. The number of rotatable bonds is 2. The summed E-state index contributed by atoms with van der Waals surface area (Å²) in [5, 5.41) is 10.2. The Balaban J connectivity index is 2.44. The number of aliphatic hydroxyl groups excluding tert-OH is 1. The first kappa shape index (κ1) is 11.2. The van der Waals surface area contributed by atoms with Crippen LogP contribution in [0, 0.1) is 6.92 Å². The molecule has 4 heteroatoms. The highest BCUT2D eigenvalue weighted by molar-refractivity contribution is 9.10. The first-order valence-corrected chi connectivity index (χ1v) is 5.68. The third kappa shape index (κ3) is 2.13. The lowest BCUT2D eigenvalue weighted by Gasteiger charge is -2.13. The number of pyridine rings is 2. The molecule has 3 nitrogen and oxygen atoms in total. The van der Waals surface area contributed by atoms with Crippen molar-refractivity contribution in [1.82, 2.24) is 9.97 Å². The van der Waals surface area contributed by atoms with Crippen LogP contribution in [-0.4, -0.2) is 15.1 Å². The Morgan fingerprint density at radius 2 is 2.12 bits per heavy atom. The SMILES string of the molecule is Cc1ccncc1C(O)c1ncccc1Br. The third-order valence-corrected chi connectivity index (χ3v) is 3.09. The molecule has 1 N–H and O–H groups in total. The Hall–Kier alpha value is -1.26. The highest BCUT2D eigenvalue weighted by atomic mass is 79.9. The van der Waals surface area contributed by atoms with E-state index >= 15 is 0 Å². The maximum Gasteiger partial charge on any atom is 0.124 e. The maximum atomic E-state index is 10.2. The summed E-state index contributed by atoms with van der Waals surface area (Å²) >= 11 is 3.38. The van der Waals surface area contributed by atoms with Gasteiger partial charge in [-0.2, -0.15) is 0 Å². The summed E-state index contributed by atoms with van der Waals surface area (Å²) < 4.78 is 0.797. The lowest BCUT2D eigenvalue weighted by Crippen LogP contribution is -2.05. The van der Waals surface area contributed by atoms with Gasteiger partial charge in [-0.1, -0.05) is 0 Å². The fraction of sp³-hybridized carbons (Fsp3) is 0.167. The van der Waals surface area contributed by atoms with Gasteiger partial charge in [0.15, 0.2) is 0 Å². The molecule has 0 radical (unpaired) electrons. The second-order valence-electron chi connectivity index (χ2n) is 3.51. The molecule has 0 saturated carbocycles. The van der Waals surface area contributed by atoms with Gasteiger partial charge in [0.25, 0.3) is 0 Å². The zero-order chi connectivity index (χ0) is 11.5. The van der Waals surface area contributed by atoms with Gasteiger partial charge in [-0.3, -0.25) is 9.97 Å². The average Bonchev–Trinajstić information content (AvgIpc) is 2.29. The van der Waals surface area contributed by atoms with E-state index in [-0.39, 0.29) is 0 Å². The van der Waals surface area contributed by atoms with Gasteiger partial charge < -0.3 is 5.11 Å². The first-order valence-electron chi connectivity index (χ1n) is 4.89. The van der Waals surface area contributed by atoms with E-state index in [9.17, 15) is 5.11 Å². The molecule has 2 aromatic rings. The summed E-state index contributed by atoms with van der Waals surface area (Å²) in [5.41, 5.74) is 2.39. The molecular formula is C12H11BrN2O. The Morgan fingerprint density at radius 3 is 2.81 bits per heavy atom. The number of halogens is 1. The second-order valence-corrected chi connectivity index (χ2v) is 4.36. The summed E-state index contributed by atoms with van der Waals surface area (Å²) in [7, 11) is 0. The van der Waals surface area contributed by atoms with Crippen LogP contribution in [0.4, 0.5) is 0 Å². The van der Waals surface area contributed by atoms with Gasteiger partial charge in [0.1, 0.15) is 6.10 Å². The minimum atomic E-state index is -0.746. The van der Waals surface area contributed by atoms with Crippen LogP contribution in [0.15, 0.2) is 41.3 Å². The van der Waals surface area contributed by atoms with E-state index in [2.05, 4.69) is 25.9 Å². The van der Waals surface area contributed by atoms with Gasteiger partial charge in [-0.15, -0.1) is 0 Å². The van der Waals surface area contributed by atoms with Crippen molar-refractivity contribution in [3.8, 4) is 0 Å². The molecule has 16 heavy (non-hydrogen) atoms. The zero-order valence-corrected chi connectivity index (χ0v) is 10.3. The van der Waals surface area contributed by atoms with Crippen LogP contribution >= 0.6 is 15.9 Å². The smallest absolute Gasteiger partial charge is 0.124 e. The number of hydrogen-bond donors (Lipinski definition) is 1. The number of aliphatic hydroxyl groups is 1. The van der Waals surface area contributed by atoms with Crippen LogP contribution in [0.1, 0.15) is 22.9 Å². The fourth-order valence-corrected chi connectivity index (χ4v) is 1.98. The molecule has 0 aliphatic heterocycles. The van der Waals surface area contributed by atoms with Gasteiger partial charge in [0.05, 0.1) is 5.69 Å². The molecular weight excluding hydrogens is 268 g/mol. The molecule has 0 aromatic carbocycles. The van der Waals surface area contributed by atoms with E-state index in [4.69, 9.17) is 0 Å². The van der Waals surface area contributed by atoms with Crippen LogP contribution < -0.4 is 0 Å². The van der Waals surface area contributed by atoms with E-state index in [1.807, 2.05) is 25.1 Å². The predicted octanol–water partition coefficient (Wildman–Crippen LogP) is 2.63. The zero-order valence-electron chi connectivity index (χ0n) is 8.76. The lowest BCUT2D eigenvalue weighted by molar-refractivity contribution is 0.213. The van der Waals surface area contributed by atoms with Gasteiger partial charge in [0, 0.05) is 28.6 Å². The van der Waals surface area contributed by atoms with Crippen molar-refractivity contribution in [2.75, 3.05) is 0 Å². The van der Waals surface area contributed by atoms with E-state index in [0.29, 0.717) is 5.69 Å². The van der Waals surface area contributed by atoms with Crippen molar-refractivity contribution < 1.29 is 5.11 Å². The van der Waals surface area contributed by atoms with Gasteiger partial charge in [-0.25, -0.2) is 0 Å². The molecule has 0 saturated heterocycles. The highest BCUT2D eigenvalue weighted by Crippen LogP contribution is 2.27. The van der Waals surface area contributed by atoms with Crippen molar-refractivity contribution in [3.63, 3.8) is 0 Å². The van der Waals surface area contributed by atoms with Gasteiger partial charge in [-0.05, 0) is 46.6 Å². The largest absolute Gasteiger partial charge is 0.382 e. The Labute approximate surface area is 102 Å². The number of aromatic nitrogens is 2. The molecule has 0 spiro atoms. The van der Waals surface area contributed by atoms with Crippen molar-refractivity contribution in [1.29, 1.82) is 0 Å². The maximum absolute atomic E-state index is 10.2. The minimum absolute atomic E-state index is 0.610. The normalized spacial score (nSPS) is 12.4. The van der Waals surface area contributed by atoms with Crippen LogP contribution in [0.25, 0.3) is 0 Å². The topological polar surface area (TPSA) is 46.0 Å². The van der Waals surface area contributed by atoms with Crippen LogP contribution in [0.5, 0.6) is 0 Å².